The largest absolute Gasteiger partial charge is 0.481 e. The average Bonchev–Trinajstić information content (AvgIpc) is 2.55. The van der Waals surface area contributed by atoms with Gasteiger partial charge in [-0.05, 0) is 6.42 Å². The Balaban J connectivity index is 3.99. The van der Waals surface area contributed by atoms with E-state index in [0.717, 1.165) is 30.3 Å². The molecule has 0 aromatic heterocycles. The van der Waals surface area contributed by atoms with Gasteiger partial charge >= 0.3 is 5.97 Å². The Morgan fingerprint density at radius 3 is 1.81 bits per heavy atom. The van der Waals surface area contributed by atoms with Crippen LogP contribution in [0.4, 0.5) is 0 Å². The maximum Gasteiger partial charge on any atom is 0.305 e. The van der Waals surface area contributed by atoms with Crippen molar-refractivity contribution in [3.8, 4) is 0 Å². The molecule has 0 fully saturated rings. The highest BCUT2D eigenvalue weighted by molar-refractivity contribution is 5.77. The van der Waals surface area contributed by atoms with Gasteiger partial charge < -0.3 is 14.5 Å². The zero-order chi connectivity index (χ0) is 19.8. The molecule has 0 unspecified atom stereocenters. The van der Waals surface area contributed by atoms with Crippen molar-refractivity contribution >= 4 is 11.9 Å². The standard InChI is InChI=1S/C21H42N2O3/c1-5-6-7-8-9-10-11-12-13-15-20(24)22(18-16-21(25)26)17-14-19-23(2,3)4/h5-19H2,1-4H3/p+1. The summed E-state index contributed by atoms with van der Waals surface area (Å²) in [5, 5.41) is 8.91. The van der Waals surface area contributed by atoms with Crippen LogP contribution in [0.25, 0.3) is 0 Å². The Kier molecular flexibility index (Phi) is 14.4. The fraction of sp³-hybridized carbons (Fsp3) is 0.905. The molecule has 26 heavy (non-hydrogen) atoms. The van der Waals surface area contributed by atoms with Crippen LogP contribution in [-0.4, -0.2) is 67.1 Å². The molecule has 0 saturated heterocycles. The molecule has 0 rings (SSSR count). The van der Waals surface area contributed by atoms with Crippen LogP contribution in [0.1, 0.15) is 84.0 Å². The average molecular weight is 372 g/mol. The van der Waals surface area contributed by atoms with Crippen LogP contribution >= 0.6 is 0 Å². The number of hydrogen-bond acceptors (Lipinski definition) is 2. The number of quaternary nitrogens is 1. The van der Waals surface area contributed by atoms with Crippen molar-refractivity contribution in [2.45, 2.75) is 84.0 Å². The van der Waals surface area contributed by atoms with Gasteiger partial charge in [-0.3, -0.25) is 9.59 Å². The van der Waals surface area contributed by atoms with Gasteiger partial charge in [-0.2, -0.15) is 0 Å². The summed E-state index contributed by atoms with van der Waals surface area (Å²) in [5.74, 6) is -0.715. The zero-order valence-corrected chi connectivity index (χ0v) is 17.8. The van der Waals surface area contributed by atoms with Gasteiger partial charge in [0.25, 0.3) is 0 Å². The smallest absolute Gasteiger partial charge is 0.305 e. The van der Waals surface area contributed by atoms with E-state index in [4.69, 9.17) is 5.11 Å². The topological polar surface area (TPSA) is 57.6 Å². The van der Waals surface area contributed by atoms with Crippen molar-refractivity contribution in [3.05, 3.63) is 0 Å². The summed E-state index contributed by atoms with van der Waals surface area (Å²) in [6.07, 6.45) is 12.6. The minimum atomic E-state index is -0.836. The van der Waals surface area contributed by atoms with Crippen molar-refractivity contribution in [1.29, 1.82) is 0 Å². The molecule has 0 aromatic rings. The number of rotatable bonds is 17. The maximum absolute atomic E-state index is 12.4. The van der Waals surface area contributed by atoms with Gasteiger partial charge in [0, 0.05) is 25.9 Å². The minimum absolute atomic E-state index is 0.0356. The molecule has 1 amide bonds. The Morgan fingerprint density at radius 1 is 0.769 bits per heavy atom. The molecule has 0 atom stereocenters. The van der Waals surface area contributed by atoms with Crippen LogP contribution in [0.15, 0.2) is 0 Å². The summed E-state index contributed by atoms with van der Waals surface area (Å²) in [7, 11) is 6.39. The third-order valence-corrected chi connectivity index (χ3v) is 4.70. The summed E-state index contributed by atoms with van der Waals surface area (Å²) >= 11 is 0. The van der Waals surface area contributed by atoms with Crippen LogP contribution in [0.2, 0.25) is 0 Å². The van der Waals surface area contributed by atoms with Gasteiger partial charge in [0.15, 0.2) is 0 Å². The highest BCUT2D eigenvalue weighted by atomic mass is 16.4. The molecule has 0 bridgehead atoms. The van der Waals surface area contributed by atoms with Crippen molar-refractivity contribution in [1.82, 2.24) is 4.90 Å². The molecule has 0 aromatic carbocycles. The molecule has 0 saturated carbocycles. The number of unbranched alkanes of at least 4 members (excludes halogenated alkanes) is 8. The molecule has 0 aliphatic carbocycles. The normalized spacial score (nSPS) is 11.5. The molecule has 154 valence electrons. The molecule has 5 nitrogen and oxygen atoms in total. The fourth-order valence-electron chi connectivity index (χ4n) is 3.07. The first kappa shape index (κ1) is 24.9. The van der Waals surface area contributed by atoms with Crippen molar-refractivity contribution in [2.75, 3.05) is 40.8 Å². The molecule has 0 heterocycles. The molecule has 0 radical (unpaired) electrons. The van der Waals surface area contributed by atoms with E-state index in [1.165, 1.54) is 44.9 Å². The fourth-order valence-corrected chi connectivity index (χ4v) is 3.07. The first-order valence-electron chi connectivity index (χ1n) is 10.6. The molecule has 1 N–H and O–H groups in total. The van der Waals surface area contributed by atoms with Gasteiger partial charge in [0.05, 0.1) is 34.1 Å². The van der Waals surface area contributed by atoms with Gasteiger partial charge in [0.2, 0.25) is 5.91 Å². The second kappa shape index (κ2) is 15.0. The molecular formula is C21H43N2O3+. The Bertz CT molecular complexity index is 378. The Hall–Kier alpha value is -1.10. The third kappa shape index (κ3) is 16.4. The van der Waals surface area contributed by atoms with E-state index in [1.54, 1.807) is 4.90 Å². The van der Waals surface area contributed by atoms with E-state index < -0.39 is 5.97 Å². The number of hydrogen-bond donors (Lipinski definition) is 1. The first-order chi connectivity index (χ1) is 12.3. The van der Waals surface area contributed by atoms with E-state index >= 15 is 0 Å². The lowest BCUT2D eigenvalue weighted by Crippen LogP contribution is -2.39. The highest BCUT2D eigenvalue weighted by Gasteiger charge is 2.16. The van der Waals surface area contributed by atoms with E-state index in [0.29, 0.717) is 19.5 Å². The Morgan fingerprint density at radius 2 is 1.31 bits per heavy atom. The number of carboxylic acid groups (broad SMARTS) is 1. The molecular weight excluding hydrogens is 328 g/mol. The first-order valence-corrected chi connectivity index (χ1v) is 10.6. The zero-order valence-electron chi connectivity index (χ0n) is 17.8. The van der Waals surface area contributed by atoms with Crippen LogP contribution in [0.3, 0.4) is 0 Å². The lowest BCUT2D eigenvalue weighted by molar-refractivity contribution is -0.870. The predicted octanol–water partition coefficient (Wildman–Crippen LogP) is 4.31. The van der Waals surface area contributed by atoms with Crippen molar-refractivity contribution in [2.24, 2.45) is 0 Å². The quantitative estimate of drug-likeness (QED) is 0.306. The summed E-state index contributed by atoms with van der Waals surface area (Å²) in [4.78, 5) is 25.0. The molecule has 0 aliphatic rings. The van der Waals surface area contributed by atoms with E-state index in [-0.39, 0.29) is 12.3 Å². The minimum Gasteiger partial charge on any atom is -0.481 e. The summed E-state index contributed by atoms with van der Waals surface area (Å²) in [6, 6.07) is 0. The van der Waals surface area contributed by atoms with E-state index in [9.17, 15) is 9.59 Å². The number of aliphatic carboxylic acids is 1. The number of carboxylic acids is 1. The van der Waals surface area contributed by atoms with E-state index in [1.807, 2.05) is 0 Å². The third-order valence-electron chi connectivity index (χ3n) is 4.70. The van der Waals surface area contributed by atoms with Crippen LogP contribution in [0.5, 0.6) is 0 Å². The lowest BCUT2D eigenvalue weighted by Gasteiger charge is -2.27. The maximum atomic E-state index is 12.4. The van der Waals surface area contributed by atoms with Crippen LogP contribution < -0.4 is 0 Å². The summed E-state index contributed by atoms with van der Waals surface area (Å²) in [5.41, 5.74) is 0. The Labute approximate surface area is 161 Å². The second-order valence-electron chi connectivity index (χ2n) is 8.47. The second-order valence-corrected chi connectivity index (χ2v) is 8.47. The SMILES string of the molecule is CCCCCCCCCCCC(=O)N(CCC[N+](C)(C)C)CCC(=O)O. The monoisotopic (exact) mass is 371 g/mol. The van der Waals surface area contributed by atoms with Crippen molar-refractivity contribution < 1.29 is 19.2 Å². The highest BCUT2D eigenvalue weighted by Crippen LogP contribution is 2.11. The lowest BCUT2D eigenvalue weighted by atomic mass is 10.1. The van der Waals surface area contributed by atoms with Gasteiger partial charge in [-0.25, -0.2) is 0 Å². The number of carbonyl (C=O) groups excluding carboxylic acids is 1. The van der Waals surface area contributed by atoms with Gasteiger partial charge in [-0.1, -0.05) is 58.3 Å². The van der Waals surface area contributed by atoms with Crippen LogP contribution in [0, 0.1) is 0 Å². The van der Waals surface area contributed by atoms with Gasteiger partial charge in [-0.15, -0.1) is 0 Å². The van der Waals surface area contributed by atoms with E-state index in [2.05, 4.69) is 28.1 Å². The van der Waals surface area contributed by atoms with Gasteiger partial charge in [0.1, 0.15) is 0 Å². The summed E-state index contributed by atoms with van der Waals surface area (Å²) in [6.45, 7) is 4.22. The van der Waals surface area contributed by atoms with Crippen molar-refractivity contribution in [3.63, 3.8) is 0 Å². The van der Waals surface area contributed by atoms with Crippen LogP contribution in [-0.2, 0) is 9.59 Å². The molecule has 5 heteroatoms. The summed E-state index contributed by atoms with van der Waals surface area (Å²) < 4.78 is 0.860. The number of amides is 1. The molecule has 0 aliphatic heterocycles. The predicted molar refractivity (Wildman–Crippen MR) is 108 cm³/mol. The number of carbonyl (C=O) groups is 2. The molecule has 0 spiro atoms. The number of nitrogens with zero attached hydrogens (tertiary/aromatic N) is 2.